The minimum atomic E-state index is -0.285. The molecule has 108 valence electrons. The van der Waals surface area contributed by atoms with Gasteiger partial charge in [0.05, 0.1) is 5.75 Å². The van der Waals surface area contributed by atoms with Crippen LogP contribution in [0.1, 0.15) is 16.5 Å². The summed E-state index contributed by atoms with van der Waals surface area (Å²) in [6.07, 6.45) is 0. The summed E-state index contributed by atoms with van der Waals surface area (Å²) >= 11 is 4.97. The number of benzene rings is 2. The molecule has 5 heteroatoms. The smallest absolute Gasteiger partial charge is 0.238 e. The third-order valence-electron chi connectivity index (χ3n) is 3.46. The van der Waals surface area contributed by atoms with Gasteiger partial charge in [0.25, 0.3) is 0 Å². The third kappa shape index (κ3) is 2.85. The van der Waals surface area contributed by atoms with Gasteiger partial charge in [-0.2, -0.15) is 0 Å². The van der Waals surface area contributed by atoms with Crippen molar-refractivity contribution in [3.63, 3.8) is 0 Å². The molecular weight excluding hydrogens is 353 g/mol. The summed E-state index contributed by atoms with van der Waals surface area (Å²) in [7, 11) is 0. The Bertz CT molecular complexity index is 689. The van der Waals surface area contributed by atoms with Crippen molar-refractivity contribution in [3.8, 4) is 0 Å². The minimum Gasteiger partial charge on any atom is -0.295 e. The van der Waals surface area contributed by atoms with Crippen LogP contribution in [-0.4, -0.2) is 11.7 Å². The van der Waals surface area contributed by atoms with Crippen LogP contribution in [-0.2, 0) is 4.79 Å². The fourth-order valence-corrected chi connectivity index (χ4v) is 3.75. The largest absolute Gasteiger partial charge is 0.295 e. The van der Waals surface area contributed by atoms with Crippen molar-refractivity contribution >= 4 is 39.3 Å². The van der Waals surface area contributed by atoms with Gasteiger partial charge in [0.15, 0.2) is 0 Å². The van der Waals surface area contributed by atoms with Crippen LogP contribution in [0.5, 0.6) is 0 Å². The first-order valence-corrected chi connectivity index (χ1v) is 8.36. The van der Waals surface area contributed by atoms with Gasteiger partial charge in [0.1, 0.15) is 11.2 Å². The Balaban J connectivity index is 1.99. The molecule has 0 aromatic heterocycles. The van der Waals surface area contributed by atoms with Crippen molar-refractivity contribution < 1.29 is 9.18 Å². The predicted octanol–water partition coefficient (Wildman–Crippen LogP) is 4.68. The Morgan fingerprint density at radius 2 is 1.95 bits per heavy atom. The molecule has 1 amide bonds. The molecule has 1 fully saturated rings. The van der Waals surface area contributed by atoms with Crippen molar-refractivity contribution in [2.45, 2.75) is 12.3 Å². The van der Waals surface area contributed by atoms with Crippen molar-refractivity contribution in [2.24, 2.45) is 0 Å². The van der Waals surface area contributed by atoms with Gasteiger partial charge < -0.3 is 0 Å². The zero-order valence-corrected chi connectivity index (χ0v) is 13.7. The third-order valence-corrected chi connectivity index (χ3v) is 5.20. The van der Waals surface area contributed by atoms with Gasteiger partial charge in [-0.25, -0.2) is 4.39 Å². The van der Waals surface area contributed by atoms with Crippen LogP contribution in [0.15, 0.2) is 46.9 Å². The molecule has 1 aliphatic rings. The van der Waals surface area contributed by atoms with Gasteiger partial charge in [0.2, 0.25) is 5.91 Å². The predicted molar refractivity (Wildman–Crippen MR) is 88.0 cm³/mol. The standard InChI is InChI=1S/C16H13BrFNOS/c1-10-2-7-13(8-14(10)18)19-15(20)9-21-16(19)11-3-5-12(17)6-4-11/h2-8,16H,9H2,1H3/t16-/m0/s1. The molecule has 1 aliphatic heterocycles. The lowest BCUT2D eigenvalue weighted by atomic mass is 10.1. The summed E-state index contributed by atoms with van der Waals surface area (Å²) < 4.78 is 14.8. The molecule has 2 aromatic carbocycles. The Labute approximate surface area is 135 Å². The fraction of sp³-hybridized carbons (Fsp3) is 0.188. The summed E-state index contributed by atoms with van der Waals surface area (Å²) in [6, 6.07) is 12.8. The van der Waals surface area contributed by atoms with Crippen LogP contribution >= 0.6 is 27.7 Å². The van der Waals surface area contributed by atoms with E-state index in [-0.39, 0.29) is 17.1 Å². The zero-order chi connectivity index (χ0) is 15.0. The molecule has 1 saturated heterocycles. The fourth-order valence-electron chi connectivity index (χ4n) is 2.31. The lowest BCUT2D eigenvalue weighted by Crippen LogP contribution is -2.27. The van der Waals surface area contributed by atoms with Crippen LogP contribution in [0.4, 0.5) is 10.1 Å². The SMILES string of the molecule is Cc1ccc(N2C(=O)CS[C@H]2c2ccc(Br)cc2)cc1F. The molecule has 1 atom stereocenters. The van der Waals surface area contributed by atoms with Crippen LogP contribution < -0.4 is 4.90 Å². The van der Waals surface area contributed by atoms with Gasteiger partial charge in [-0.1, -0.05) is 34.1 Å². The molecule has 0 unspecified atom stereocenters. The number of amides is 1. The molecule has 2 aromatic rings. The first-order valence-electron chi connectivity index (χ1n) is 6.51. The minimum absolute atomic E-state index is 0.0103. The van der Waals surface area contributed by atoms with E-state index in [0.717, 1.165) is 10.0 Å². The average molecular weight is 366 g/mol. The summed E-state index contributed by atoms with van der Waals surface area (Å²) in [5.74, 6) is 0.138. The highest BCUT2D eigenvalue weighted by atomic mass is 79.9. The molecule has 0 N–H and O–H groups in total. The molecule has 0 saturated carbocycles. The summed E-state index contributed by atoms with van der Waals surface area (Å²) in [6.45, 7) is 1.71. The van der Waals surface area contributed by atoms with E-state index in [0.29, 0.717) is 17.0 Å². The Kier molecular flexibility index (Phi) is 4.04. The van der Waals surface area contributed by atoms with Gasteiger partial charge in [0, 0.05) is 10.2 Å². The van der Waals surface area contributed by atoms with Crippen LogP contribution in [0, 0.1) is 12.7 Å². The Morgan fingerprint density at radius 1 is 1.24 bits per heavy atom. The topological polar surface area (TPSA) is 20.3 Å². The molecule has 21 heavy (non-hydrogen) atoms. The van der Waals surface area contributed by atoms with E-state index in [9.17, 15) is 9.18 Å². The average Bonchev–Trinajstić information content (AvgIpc) is 2.85. The van der Waals surface area contributed by atoms with Gasteiger partial charge in [-0.05, 0) is 42.3 Å². The second-order valence-corrected chi connectivity index (χ2v) is 6.90. The zero-order valence-electron chi connectivity index (χ0n) is 11.3. The van der Waals surface area contributed by atoms with Crippen molar-refractivity contribution in [1.29, 1.82) is 0 Å². The van der Waals surface area contributed by atoms with E-state index in [4.69, 9.17) is 0 Å². The lowest BCUT2D eigenvalue weighted by Gasteiger charge is -2.24. The maximum atomic E-state index is 13.8. The molecule has 2 nitrogen and oxygen atoms in total. The molecule has 1 heterocycles. The van der Waals surface area contributed by atoms with Crippen molar-refractivity contribution in [1.82, 2.24) is 0 Å². The summed E-state index contributed by atoms with van der Waals surface area (Å²) in [5.41, 5.74) is 2.23. The number of anilines is 1. The number of halogens is 2. The summed E-state index contributed by atoms with van der Waals surface area (Å²) in [5, 5.41) is -0.104. The Morgan fingerprint density at radius 3 is 2.62 bits per heavy atom. The molecule has 0 aliphatic carbocycles. The highest BCUT2D eigenvalue weighted by molar-refractivity contribution is 9.10. The Hall–Kier alpha value is -1.33. The van der Waals surface area contributed by atoms with Crippen molar-refractivity contribution in [3.05, 3.63) is 63.9 Å². The molecule has 0 spiro atoms. The van der Waals surface area contributed by atoms with E-state index >= 15 is 0 Å². The number of hydrogen-bond donors (Lipinski definition) is 0. The highest BCUT2D eigenvalue weighted by Crippen LogP contribution is 2.42. The number of carbonyl (C=O) groups is 1. The van der Waals surface area contributed by atoms with Gasteiger partial charge in [-0.3, -0.25) is 9.69 Å². The molecule has 0 radical (unpaired) electrons. The van der Waals surface area contributed by atoms with E-state index in [2.05, 4.69) is 15.9 Å². The van der Waals surface area contributed by atoms with Crippen molar-refractivity contribution in [2.75, 3.05) is 10.7 Å². The van der Waals surface area contributed by atoms with Crippen LogP contribution in [0.3, 0.4) is 0 Å². The van der Waals surface area contributed by atoms with E-state index in [1.54, 1.807) is 35.7 Å². The van der Waals surface area contributed by atoms with Gasteiger partial charge in [-0.15, -0.1) is 11.8 Å². The normalized spacial score (nSPS) is 18.3. The van der Waals surface area contributed by atoms with E-state index in [1.165, 1.54) is 6.07 Å². The second kappa shape index (κ2) is 5.81. The maximum absolute atomic E-state index is 13.8. The maximum Gasteiger partial charge on any atom is 0.238 e. The first kappa shape index (κ1) is 14.6. The number of aryl methyl sites for hydroxylation is 1. The monoisotopic (exact) mass is 365 g/mol. The quantitative estimate of drug-likeness (QED) is 0.770. The van der Waals surface area contributed by atoms with Crippen LogP contribution in [0.25, 0.3) is 0 Å². The second-order valence-electron chi connectivity index (χ2n) is 4.91. The highest BCUT2D eigenvalue weighted by Gasteiger charge is 2.34. The van der Waals surface area contributed by atoms with Crippen LogP contribution in [0.2, 0.25) is 0 Å². The number of rotatable bonds is 2. The lowest BCUT2D eigenvalue weighted by molar-refractivity contribution is -0.115. The summed E-state index contributed by atoms with van der Waals surface area (Å²) in [4.78, 5) is 13.9. The molecule has 0 bridgehead atoms. The number of carbonyl (C=O) groups excluding carboxylic acids is 1. The van der Waals surface area contributed by atoms with Gasteiger partial charge >= 0.3 is 0 Å². The molecule has 3 rings (SSSR count). The number of thioether (sulfide) groups is 1. The first-order chi connectivity index (χ1) is 10.1. The van der Waals surface area contributed by atoms with E-state index in [1.807, 2.05) is 24.3 Å². The number of hydrogen-bond acceptors (Lipinski definition) is 2. The van der Waals surface area contributed by atoms with E-state index < -0.39 is 0 Å². The molecular formula is C16H13BrFNOS. The number of nitrogens with zero attached hydrogens (tertiary/aromatic N) is 1.